The lowest BCUT2D eigenvalue weighted by Crippen LogP contribution is -2.20. The Morgan fingerprint density at radius 2 is 1.44 bits per heavy atom. The molecule has 0 bridgehead atoms. The lowest BCUT2D eigenvalue weighted by molar-refractivity contribution is 0.0444. The largest absolute Gasteiger partial charge is 0.385 e. The van der Waals surface area contributed by atoms with E-state index < -0.39 is 5.60 Å². The normalized spacial score (nSPS) is 24.3. The van der Waals surface area contributed by atoms with Crippen LogP contribution >= 0.6 is 0 Å². The Hall–Kier alpha value is -0.820. The van der Waals surface area contributed by atoms with Crippen molar-refractivity contribution in [2.75, 3.05) is 0 Å². The number of aliphatic hydroxyl groups is 1. The van der Waals surface area contributed by atoms with Gasteiger partial charge in [-0.2, -0.15) is 0 Å². The Bertz CT molecular complexity index is 381. The van der Waals surface area contributed by atoms with E-state index in [4.69, 9.17) is 0 Å². The van der Waals surface area contributed by atoms with Crippen molar-refractivity contribution in [2.45, 2.75) is 69.3 Å². The molecule has 0 aromatic heterocycles. The van der Waals surface area contributed by atoms with Crippen LogP contribution in [0.15, 0.2) is 24.3 Å². The Labute approximate surface area is 110 Å². The summed E-state index contributed by atoms with van der Waals surface area (Å²) in [5.74, 6) is 0.769. The second kappa shape index (κ2) is 5.05. The molecule has 1 heteroatoms. The molecule has 18 heavy (non-hydrogen) atoms. The van der Waals surface area contributed by atoms with Gasteiger partial charge in [-0.1, -0.05) is 56.4 Å². The lowest BCUT2D eigenvalue weighted by atomic mass is 9.83. The molecule has 1 N–H and O–H groups in total. The monoisotopic (exact) mass is 244 g/mol. The van der Waals surface area contributed by atoms with Gasteiger partial charge >= 0.3 is 0 Å². The van der Waals surface area contributed by atoms with E-state index in [2.05, 4.69) is 24.3 Å². The number of hydrogen-bond acceptors (Lipinski definition) is 1. The molecule has 0 unspecified atom stereocenters. The van der Waals surface area contributed by atoms with E-state index in [1.54, 1.807) is 0 Å². The van der Waals surface area contributed by atoms with Gasteiger partial charge in [-0.15, -0.1) is 0 Å². The highest BCUT2D eigenvalue weighted by atomic mass is 16.3. The van der Waals surface area contributed by atoms with Crippen LogP contribution in [0.4, 0.5) is 0 Å². The van der Waals surface area contributed by atoms with Crippen LogP contribution < -0.4 is 0 Å². The smallest absolute Gasteiger partial charge is 0.0896 e. The van der Waals surface area contributed by atoms with Crippen molar-refractivity contribution in [1.82, 2.24) is 0 Å². The van der Waals surface area contributed by atoms with Crippen molar-refractivity contribution in [3.05, 3.63) is 35.4 Å². The van der Waals surface area contributed by atoms with Crippen molar-refractivity contribution >= 4 is 0 Å². The van der Waals surface area contributed by atoms with Crippen LogP contribution in [-0.4, -0.2) is 5.11 Å². The van der Waals surface area contributed by atoms with Gasteiger partial charge in [0.25, 0.3) is 0 Å². The molecule has 1 aromatic rings. The summed E-state index contributed by atoms with van der Waals surface area (Å²) in [6, 6.07) is 8.88. The van der Waals surface area contributed by atoms with Crippen molar-refractivity contribution < 1.29 is 5.11 Å². The summed E-state index contributed by atoms with van der Waals surface area (Å²) in [5, 5.41) is 10.6. The van der Waals surface area contributed by atoms with Crippen LogP contribution in [0.3, 0.4) is 0 Å². The lowest BCUT2D eigenvalue weighted by Gasteiger charge is -2.25. The first-order valence-electron chi connectivity index (χ1n) is 7.61. The summed E-state index contributed by atoms with van der Waals surface area (Å²) < 4.78 is 0. The standard InChI is InChI=1S/C17H24O/c18-17(12-4-5-13-17)16-10-8-15(9-11-16)14-6-2-1-3-7-14/h8-11,14,18H,1-7,12-13H2. The van der Waals surface area contributed by atoms with Crippen LogP contribution in [0.1, 0.15) is 74.8 Å². The maximum absolute atomic E-state index is 10.6. The van der Waals surface area contributed by atoms with Gasteiger partial charge in [-0.05, 0) is 42.7 Å². The summed E-state index contributed by atoms with van der Waals surface area (Å²) in [6.45, 7) is 0. The van der Waals surface area contributed by atoms with Gasteiger partial charge in [0.15, 0.2) is 0 Å². The van der Waals surface area contributed by atoms with E-state index in [-0.39, 0.29) is 0 Å². The van der Waals surface area contributed by atoms with Gasteiger partial charge < -0.3 is 5.11 Å². The molecular formula is C17H24O. The van der Waals surface area contributed by atoms with E-state index in [1.165, 1.54) is 50.5 Å². The molecule has 2 saturated carbocycles. The Morgan fingerprint density at radius 1 is 0.833 bits per heavy atom. The zero-order valence-electron chi connectivity index (χ0n) is 11.2. The van der Waals surface area contributed by atoms with E-state index in [1.807, 2.05) is 0 Å². The Morgan fingerprint density at radius 3 is 2.06 bits per heavy atom. The van der Waals surface area contributed by atoms with Gasteiger partial charge in [0, 0.05) is 0 Å². The second-order valence-electron chi connectivity index (χ2n) is 6.20. The zero-order chi connectivity index (χ0) is 12.4. The van der Waals surface area contributed by atoms with Crippen LogP contribution in [0, 0.1) is 0 Å². The topological polar surface area (TPSA) is 20.2 Å². The van der Waals surface area contributed by atoms with Gasteiger partial charge in [-0.3, -0.25) is 0 Å². The predicted molar refractivity (Wildman–Crippen MR) is 74.6 cm³/mol. The molecule has 1 nitrogen and oxygen atoms in total. The maximum atomic E-state index is 10.6. The summed E-state index contributed by atoms with van der Waals surface area (Å²) in [7, 11) is 0. The van der Waals surface area contributed by atoms with Gasteiger partial charge in [0.05, 0.1) is 5.60 Å². The van der Waals surface area contributed by atoms with Gasteiger partial charge in [0.2, 0.25) is 0 Å². The van der Waals surface area contributed by atoms with Crippen LogP contribution in [0.5, 0.6) is 0 Å². The molecule has 0 spiro atoms. The quantitative estimate of drug-likeness (QED) is 0.812. The van der Waals surface area contributed by atoms with E-state index in [9.17, 15) is 5.11 Å². The molecule has 0 heterocycles. The minimum atomic E-state index is -0.523. The zero-order valence-corrected chi connectivity index (χ0v) is 11.2. The molecule has 0 saturated heterocycles. The summed E-state index contributed by atoms with van der Waals surface area (Å²) in [4.78, 5) is 0. The first-order chi connectivity index (χ1) is 8.78. The van der Waals surface area contributed by atoms with Crippen molar-refractivity contribution in [3.63, 3.8) is 0 Å². The minimum Gasteiger partial charge on any atom is -0.385 e. The highest BCUT2D eigenvalue weighted by Crippen LogP contribution is 2.39. The third-order valence-electron chi connectivity index (χ3n) is 4.96. The van der Waals surface area contributed by atoms with E-state index >= 15 is 0 Å². The highest BCUT2D eigenvalue weighted by molar-refractivity contribution is 5.30. The molecule has 98 valence electrons. The molecule has 2 aliphatic rings. The first-order valence-corrected chi connectivity index (χ1v) is 7.61. The Balaban J connectivity index is 1.76. The van der Waals surface area contributed by atoms with Crippen LogP contribution in [0.25, 0.3) is 0 Å². The molecule has 0 aliphatic heterocycles. The Kier molecular flexibility index (Phi) is 3.43. The van der Waals surface area contributed by atoms with Crippen LogP contribution in [0.2, 0.25) is 0 Å². The molecule has 0 radical (unpaired) electrons. The highest BCUT2D eigenvalue weighted by Gasteiger charge is 2.32. The summed E-state index contributed by atoms with van der Waals surface area (Å²) in [5.41, 5.74) is 2.10. The second-order valence-corrected chi connectivity index (χ2v) is 6.20. The molecule has 2 fully saturated rings. The van der Waals surface area contributed by atoms with Gasteiger partial charge in [0.1, 0.15) is 0 Å². The van der Waals surface area contributed by atoms with Gasteiger partial charge in [-0.25, -0.2) is 0 Å². The molecule has 0 amide bonds. The number of hydrogen-bond donors (Lipinski definition) is 1. The summed E-state index contributed by atoms with van der Waals surface area (Å²) in [6.07, 6.45) is 11.1. The molecule has 0 atom stereocenters. The number of rotatable bonds is 2. The van der Waals surface area contributed by atoms with Crippen molar-refractivity contribution in [1.29, 1.82) is 0 Å². The third-order valence-corrected chi connectivity index (χ3v) is 4.96. The molecule has 2 aliphatic carbocycles. The predicted octanol–water partition coefficient (Wildman–Crippen LogP) is 4.50. The van der Waals surface area contributed by atoms with E-state index in [0.29, 0.717) is 0 Å². The number of benzene rings is 1. The molecular weight excluding hydrogens is 220 g/mol. The molecule has 3 rings (SSSR count). The SMILES string of the molecule is OC1(c2ccc(C3CCCCC3)cc2)CCCC1. The minimum absolute atomic E-state index is 0.523. The summed E-state index contributed by atoms with van der Waals surface area (Å²) >= 11 is 0. The molecule has 1 aromatic carbocycles. The van der Waals surface area contributed by atoms with E-state index in [0.717, 1.165) is 24.3 Å². The van der Waals surface area contributed by atoms with Crippen molar-refractivity contribution in [2.24, 2.45) is 0 Å². The average molecular weight is 244 g/mol. The first kappa shape index (κ1) is 12.2. The third kappa shape index (κ3) is 2.33. The fraction of sp³-hybridized carbons (Fsp3) is 0.647. The fourth-order valence-electron chi connectivity index (χ4n) is 3.75. The van der Waals surface area contributed by atoms with Crippen LogP contribution in [-0.2, 0) is 5.60 Å². The average Bonchev–Trinajstić information content (AvgIpc) is 2.88. The maximum Gasteiger partial charge on any atom is 0.0896 e. The van der Waals surface area contributed by atoms with Crippen molar-refractivity contribution in [3.8, 4) is 0 Å². The fourth-order valence-corrected chi connectivity index (χ4v) is 3.75.